The van der Waals surface area contributed by atoms with Crippen LogP contribution in [0.5, 0.6) is 0 Å². The third-order valence-electron chi connectivity index (χ3n) is 4.49. The Morgan fingerprint density at radius 2 is 2.00 bits per heavy atom. The summed E-state index contributed by atoms with van der Waals surface area (Å²) in [7, 11) is 0. The minimum atomic E-state index is 0.297. The molecular weight excluding hydrogens is 184 g/mol. The zero-order chi connectivity index (χ0) is 10.9. The second-order valence-corrected chi connectivity index (χ2v) is 5.86. The van der Waals surface area contributed by atoms with Gasteiger partial charge in [0, 0.05) is 18.6 Å². The first-order chi connectivity index (χ1) is 7.18. The third-order valence-corrected chi connectivity index (χ3v) is 4.49. The molecule has 1 saturated carbocycles. The van der Waals surface area contributed by atoms with Gasteiger partial charge in [-0.1, -0.05) is 26.2 Å². The van der Waals surface area contributed by atoms with Gasteiger partial charge in [0.15, 0.2) is 0 Å². The molecule has 2 N–H and O–H groups in total. The quantitative estimate of drug-likeness (QED) is 0.754. The lowest BCUT2D eigenvalue weighted by molar-refractivity contribution is 0.120. The standard InChI is InChI=1S/C13H26N2/c1-3-11-6-7-15(9-11)13(2,10-14)8-12-4-5-12/h11-12H,3-10,14H2,1-2H3. The number of hydrogen-bond donors (Lipinski definition) is 1. The maximum atomic E-state index is 6.01. The molecule has 0 amide bonds. The van der Waals surface area contributed by atoms with Crippen LogP contribution in [0.1, 0.15) is 46.0 Å². The van der Waals surface area contributed by atoms with Gasteiger partial charge in [-0.3, -0.25) is 4.90 Å². The van der Waals surface area contributed by atoms with Crippen molar-refractivity contribution in [2.24, 2.45) is 17.6 Å². The molecule has 2 aliphatic rings. The average molecular weight is 210 g/mol. The average Bonchev–Trinajstić information content (AvgIpc) is 2.91. The summed E-state index contributed by atoms with van der Waals surface area (Å²) < 4.78 is 0. The van der Waals surface area contributed by atoms with Crippen LogP contribution >= 0.6 is 0 Å². The predicted molar refractivity (Wildman–Crippen MR) is 64.8 cm³/mol. The SMILES string of the molecule is CCC1CCN(C(C)(CN)CC2CC2)C1. The van der Waals surface area contributed by atoms with Crippen molar-refractivity contribution in [3.63, 3.8) is 0 Å². The molecule has 0 aromatic rings. The van der Waals surface area contributed by atoms with Crippen LogP contribution in [0.4, 0.5) is 0 Å². The minimum Gasteiger partial charge on any atom is -0.329 e. The lowest BCUT2D eigenvalue weighted by Crippen LogP contribution is -2.51. The summed E-state index contributed by atoms with van der Waals surface area (Å²) in [5.41, 5.74) is 6.30. The van der Waals surface area contributed by atoms with Crippen LogP contribution in [0.25, 0.3) is 0 Å². The van der Waals surface area contributed by atoms with Crippen molar-refractivity contribution >= 4 is 0 Å². The largest absolute Gasteiger partial charge is 0.329 e. The second-order valence-electron chi connectivity index (χ2n) is 5.86. The lowest BCUT2D eigenvalue weighted by atomic mass is 9.93. The van der Waals surface area contributed by atoms with Gasteiger partial charge in [0.2, 0.25) is 0 Å². The summed E-state index contributed by atoms with van der Waals surface area (Å²) in [5.74, 6) is 1.91. The molecule has 1 aliphatic carbocycles. The first kappa shape index (κ1) is 11.4. The molecule has 1 aliphatic heterocycles. The Morgan fingerprint density at radius 1 is 1.27 bits per heavy atom. The summed E-state index contributed by atoms with van der Waals surface area (Å²) in [4.78, 5) is 2.67. The Kier molecular flexibility index (Phi) is 3.36. The van der Waals surface area contributed by atoms with Crippen LogP contribution in [-0.4, -0.2) is 30.1 Å². The molecule has 2 rings (SSSR count). The van der Waals surface area contributed by atoms with Crippen LogP contribution in [0, 0.1) is 11.8 Å². The van der Waals surface area contributed by atoms with Crippen LogP contribution in [0.2, 0.25) is 0 Å². The van der Waals surface area contributed by atoms with E-state index in [1.807, 2.05) is 0 Å². The smallest absolute Gasteiger partial charge is 0.0306 e. The molecule has 2 unspecified atom stereocenters. The molecule has 2 heteroatoms. The van der Waals surface area contributed by atoms with Gasteiger partial charge in [-0.15, -0.1) is 0 Å². The molecule has 1 heterocycles. The first-order valence-corrected chi connectivity index (χ1v) is 6.63. The highest BCUT2D eigenvalue weighted by molar-refractivity contribution is 4.95. The van der Waals surface area contributed by atoms with Gasteiger partial charge < -0.3 is 5.73 Å². The van der Waals surface area contributed by atoms with Crippen molar-refractivity contribution in [1.82, 2.24) is 4.90 Å². The van der Waals surface area contributed by atoms with Crippen molar-refractivity contribution < 1.29 is 0 Å². The highest BCUT2D eigenvalue weighted by Crippen LogP contribution is 2.40. The second kappa shape index (κ2) is 4.42. The van der Waals surface area contributed by atoms with Crippen LogP contribution < -0.4 is 5.73 Å². The molecule has 0 aromatic heterocycles. The van der Waals surface area contributed by atoms with E-state index in [4.69, 9.17) is 5.73 Å². The van der Waals surface area contributed by atoms with E-state index in [0.29, 0.717) is 5.54 Å². The minimum absolute atomic E-state index is 0.297. The lowest BCUT2D eigenvalue weighted by Gasteiger charge is -2.38. The van der Waals surface area contributed by atoms with E-state index in [1.165, 1.54) is 45.2 Å². The molecule has 0 bridgehead atoms. The maximum absolute atomic E-state index is 6.01. The molecule has 2 nitrogen and oxygen atoms in total. The molecule has 88 valence electrons. The Morgan fingerprint density at radius 3 is 2.47 bits per heavy atom. The monoisotopic (exact) mass is 210 g/mol. The highest BCUT2D eigenvalue weighted by Gasteiger charge is 2.39. The van der Waals surface area contributed by atoms with Crippen molar-refractivity contribution in [1.29, 1.82) is 0 Å². The van der Waals surface area contributed by atoms with Crippen LogP contribution in [0.15, 0.2) is 0 Å². The van der Waals surface area contributed by atoms with E-state index in [0.717, 1.165) is 18.4 Å². The van der Waals surface area contributed by atoms with E-state index in [-0.39, 0.29) is 0 Å². The number of nitrogens with zero attached hydrogens (tertiary/aromatic N) is 1. The number of rotatable bonds is 5. The van der Waals surface area contributed by atoms with E-state index in [1.54, 1.807) is 0 Å². The zero-order valence-electron chi connectivity index (χ0n) is 10.3. The summed E-state index contributed by atoms with van der Waals surface area (Å²) in [6.07, 6.45) is 6.94. The number of hydrogen-bond acceptors (Lipinski definition) is 2. The fourth-order valence-electron chi connectivity index (χ4n) is 2.94. The maximum Gasteiger partial charge on any atom is 0.0306 e. The fraction of sp³-hybridized carbons (Fsp3) is 1.00. The first-order valence-electron chi connectivity index (χ1n) is 6.63. The summed E-state index contributed by atoms with van der Waals surface area (Å²) in [6.45, 7) is 8.09. The van der Waals surface area contributed by atoms with Gasteiger partial charge in [0.1, 0.15) is 0 Å². The number of nitrogens with two attached hydrogens (primary N) is 1. The van der Waals surface area contributed by atoms with Gasteiger partial charge in [-0.25, -0.2) is 0 Å². The van der Waals surface area contributed by atoms with Gasteiger partial charge in [0.25, 0.3) is 0 Å². The van der Waals surface area contributed by atoms with Crippen molar-refractivity contribution in [2.45, 2.75) is 51.5 Å². The van der Waals surface area contributed by atoms with E-state index < -0.39 is 0 Å². The third kappa shape index (κ3) is 2.54. The summed E-state index contributed by atoms with van der Waals surface area (Å²) in [6, 6.07) is 0. The van der Waals surface area contributed by atoms with Gasteiger partial charge in [-0.05, 0) is 38.1 Å². The molecule has 2 atom stereocenters. The summed E-state index contributed by atoms with van der Waals surface area (Å²) in [5, 5.41) is 0. The molecule has 2 fully saturated rings. The molecule has 15 heavy (non-hydrogen) atoms. The Labute approximate surface area is 94.2 Å². The number of likely N-dealkylation sites (tertiary alicyclic amines) is 1. The zero-order valence-corrected chi connectivity index (χ0v) is 10.3. The normalized spacial score (nSPS) is 31.8. The molecule has 0 spiro atoms. The highest BCUT2D eigenvalue weighted by atomic mass is 15.2. The van der Waals surface area contributed by atoms with E-state index >= 15 is 0 Å². The van der Waals surface area contributed by atoms with Crippen molar-refractivity contribution in [3.8, 4) is 0 Å². The topological polar surface area (TPSA) is 29.3 Å². The van der Waals surface area contributed by atoms with E-state index in [2.05, 4.69) is 18.7 Å². The fourth-order valence-corrected chi connectivity index (χ4v) is 2.94. The van der Waals surface area contributed by atoms with Crippen LogP contribution in [0.3, 0.4) is 0 Å². The molecule has 1 saturated heterocycles. The van der Waals surface area contributed by atoms with Gasteiger partial charge >= 0.3 is 0 Å². The van der Waals surface area contributed by atoms with Crippen LogP contribution in [-0.2, 0) is 0 Å². The Balaban J connectivity index is 1.92. The molecule has 0 aromatic carbocycles. The Bertz CT molecular complexity index is 213. The van der Waals surface area contributed by atoms with Gasteiger partial charge in [0.05, 0.1) is 0 Å². The predicted octanol–water partition coefficient (Wildman–Crippen LogP) is 2.24. The van der Waals surface area contributed by atoms with Crippen molar-refractivity contribution in [2.75, 3.05) is 19.6 Å². The van der Waals surface area contributed by atoms with E-state index in [9.17, 15) is 0 Å². The van der Waals surface area contributed by atoms with Gasteiger partial charge in [-0.2, -0.15) is 0 Å². The summed E-state index contributed by atoms with van der Waals surface area (Å²) >= 11 is 0. The molecule has 0 radical (unpaired) electrons. The van der Waals surface area contributed by atoms with Crippen molar-refractivity contribution in [3.05, 3.63) is 0 Å². The molecular formula is C13H26N2. The Hall–Kier alpha value is -0.0800.